The van der Waals surface area contributed by atoms with Crippen LogP contribution in [-0.2, 0) is 4.79 Å². The van der Waals surface area contributed by atoms with E-state index < -0.39 is 5.82 Å². The molecular weight excluding hydrogens is 409 g/mol. The quantitative estimate of drug-likeness (QED) is 0.689. The minimum absolute atomic E-state index is 0.0136. The Bertz CT molecular complexity index is 1000. The first-order chi connectivity index (χ1) is 14.4. The highest BCUT2D eigenvalue weighted by Crippen LogP contribution is 2.69. The number of carbonyl (C=O) groups excluding carboxylic acids is 2. The smallest absolute Gasteiger partial charge is 0.271 e. The van der Waals surface area contributed by atoms with Crippen molar-refractivity contribution in [1.82, 2.24) is 15.3 Å². The Kier molecular flexibility index (Phi) is 4.54. The van der Waals surface area contributed by atoms with Crippen LogP contribution in [0.5, 0.6) is 5.75 Å². The second-order valence-electron chi connectivity index (χ2n) is 8.95. The highest BCUT2D eigenvalue weighted by atomic mass is 35.5. The average Bonchev–Trinajstić information content (AvgIpc) is 3.51. The van der Waals surface area contributed by atoms with Crippen molar-refractivity contribution in [3.05, 3.63) is 52.8 Å². The number of ether oxygens (including phenoxy) is 1. The van der Waals surface area contributed by atoms with E-state index >= 15 is 0 Å². The van der Waals surface area contributed by atoms with Crippen molar-refractivity contribution in [3.63, 3.8) is 0 Å². The predicted molar refractivity (Wildman–Crippen MR) is 107 cm³/mol. The summed E-state index contributed by atoms with van der Waals surface area (Å²) in [6, 6.07) is 4.10. The molecule has 0 aliphatic heterocycles. The van der Waals surface area contributed by atoms with Gasteiger partial charge in [0, 0.05) is 30.1 Å². The van der Waals surface area contributed by atoms with Gasteiger partial charge < -0.3 is 10.1 Å². The largest absolute Gasteiger partial charge is 0.486 e. The standard InChI is InChI=1S/C22H21ClFN3O3/c23-16-4-3-15(5-17(16)24)30-9-14(28)6-21-10-22(11-21,12-21)27-20(29)19-8-25-18(7-26-19)13-1-2-13/h3-5,7-8,13H,1-2,6,9-12H2,(H,27,29). The molecule has 0 unspecified atom stereocenters. The van der Waals surface area contributed by atoms with Crippen LogP contribution in [0.2, 0.25) is 5.02 Å². The second kappa shape index (κ2) is 7.01. The summed E-state index contributed by atoms with van der Waals surface area (Å²) in [5.74, 6) is -0.0395. The third-order valence-electron chi connectivity index (χ3n) is 6.28. The molecule has 1 amide bonds. The first kappa shape index (κ1) is 19.4. The molecule has 8 heteroatoms. The molecule has 0 spiro atoms. The van der Waals surface area contributed by atoms with Crippen LogP contribution in [0.25, 0.3) is 0 Å². The number of rotatable bonds is 8. The zero-order valence-corrected chi connectivity index (χ0v) is 17.0. The Morgan fingerprint density at radius 2 is 1.97 bits per heavy atom. The fourth-order valence-corrected chi connectivity index (χ4v) is 4.99. The molecule has 2 bridgehead atoms. The first-order valence-electron chi connectivity index (χ1n) is 10.1. The zero-order valence-electron chi connectivity index (χ0n) is 16.3. The van der Waals surface area contributed by atoms with Crippen LogP contribution in [0.1, 0.15) is 60.6 Å². The van der Waals surface area contributed by atoms with Gasteiger partial charge in [0.2, 0.25) is 0 Å². The molecular formula is C22H21ClFN3O3. The molecule has 1 aromatic heterocycles. The molecule has 156 valence electrons. The van der Waals surface area contributed by atoms with E-state index in [4.69, 9.17) is 16.3 Å². The molecule has 1 heterocycles. The maximum Gasteiger partial charge on any atom is 0.271 e. The maximum atomic E-state index is 13.4. The fourth-order valence-electron chi connectivity index (χ4n) is 4.87. The topological polar surface area (TPSA) is 81.2 Å². The number of hydrogen-bond donors (Lipinski definition) is 1. The van der Waals surface area contributed by atoms with Crippen LogP contribution in [0.15, 0.2) is 30.6 Å². The van der Waals surface area contributed by atoms with Crippen LogP contribution in [0.4, 0.5) is 4.39 Å². The lowest BCUT2D eigenvalue weighted by Gasteiger charge is -2.70. The second-order valence-corrected chi connectivity index (χ2v) is 9.35. The number of Topliss-reactive ketones (excluding diaryl/α,β-unsaturated/α-hetero) is 1. The summed E-state index contributed by atoms with van der Waals surface area (Å²) in [5, 5.41) is 3.08. The van der Waals surface area contributed by atoms with Gasteiger partial charge in [-0.15, -0.1) is 0 Å². The van der Waals surface area contributed by atoms with E-state index in [1.165, 1.54) is 18.2 Å². The molecule has 0 saturated heterocycles. The summed E-state index contributed by atoms with van der Waals surface area (Å²) in [7, 11) is 0. The number of nitrogens with one attached hydrogen (secondary N) is 1. The molecule has 4 aliphatic rings. The van der Waals surface area contributed by atoms with Crippen LogP contribution in [0.3, 0.4) is 0 Å². The van der Waals surface area contributed by atoms with Gasteiger partial charge in [0.1, 0.15) is 23.9 Å². The van der Waals surface area contributed by atoms with Crippen LogP contribution in [-0.4, -0.2) is 33.8 Å². The van der Waals surface area contributed by atoms with E-state index in [-0.39, 0.29) is 40.0 Å². The minimum atomic E-state index is -0.578. The number of aromatic nitrogens is 2. The molecule has 1 aromatic carbocycles. The lowest BCUT2D eigenvalue weighted by Crippen LogP contribution is -2.75. The summed E-state index contributed by atoms with van der Waals surface area (Å²) in [4.78, 5) is 33.4. The Balaban J connectivity index is 1.08. The summed E-state index contributed by atoms with van der Waals surface area (Å²) < 4.78 is 18.8. The molecule has 30 heavy (non-hydrogen) atoms. The number of amides is 1. The van der Waals surface area contributed by atoms with E-state index in [1.807, 2.05) is 0 Å². The fraction of sp³-hybridized carbons (Fsp3) is 0.455. The third-order valence-corrected chi connectivity index (χ3v) is 6.59. The van der Waals surface area contributed by atoms with Crippen LogP contribution < -0.4 is 10.1 Å². The summed E-state index contributed by atoms with van der Waals surface area (Å²) >= 11 is 5.64. The van der Waals surface area contributed by atoms with Gasteiger partial charge in [-0.2, -0.15) is 0 Å². The lowest BCUT2D eigenvalue weighted by atomic mass is 9.38. The van der Waals surface area contributed by atoms with E-state index in [2.05, 4.69) is 15.3 Å². The van der Waals surface area contributed by atoms with Crippen molar-refractivity contribution in [1.29, 1.82) is 0 Å². The zero-order chi connectivity index (χ0) is 20.9. The predicted octanol–water partition coefficient (Wildman–Crippen LogP) is 3.84. The Hall–Kier alpha value is -2.54. The molecule has 0 radical (unpaired) electrons. The molecule has 6 nitrogen and oxygen atoms in total. The van der Waals surface area contributed by atoms with E-state index in [9.17, 15) is 14.0 Å². The number of benzene rings is 1. The van der Waals surface area contributed by atoms with Crippen molar-refractivity contribution in [2.75, 3.05) is 6.61 Å². The Labute approximate surface area is 178 Å². The van der Waals surface area contributed by atoms with E-state index in [0.29, 0.717) is 18.0 Å². The molecule has 6 rings (SSSR count). The van der Waals surface area contributed by atoms with Crippen LogP contribution in [0, 0.1) is 11.2 Å². The van der Waals surface area contributed by atoms with Crippen molar-refractivity contribution < 1.29 is 18.7 Å². The number of halogens is 2. The number of hydrogen-bond acceptors (Lipinski definition) is 5. The molecule has 0 atom stereocenters. The first-order valence-corrected chi connectivity index (χ1v) is 10.5. The number of carbonyl (C=O) groups is 2. The van der Waals surface area contributed by atoms with Gasteiger partial charge in [0.05, 0.1) is 16.9 Å². The summed E-state index contributed by atoms with van der Waals surface area (Å²) in [6.07, 6.45) is 8.27. The van der Waals surface area contributed by atoms with Crippen molar-refractivity contribution in [2.45, 2.75) is 50.0 Å². The summed E-state index contributed by atoms with van der Waals surface area (Å²) in [5.41, 5.74) is 1.01. The third kappa shape index (κ3) is 3.67. The molecule has 1 N–H and O–H groups in total. The Morgan fingerprint density at radius 3 is 2.60 bits per heavy atom. The highest BCUT2D eigenvalue weighted by Gasteiger charge is 2.68. The normalized spacial score (nSPS) is 26.3. The highest BCUT2D eigenvalue weighted by molar-refractivity contribution is 6.30. The molecule has 4 saturated carbocycles. The minimum Gasteiger partial charge on any atom is -0.486 e. The SMILES string of the molecule is O=C(COc1ccc(Cl)c(F)c1)CC12CC(NC(=O)c3cnc(C4CC4)cn3)(C1)C2. The summed E-state index contributed by atoms with van der Waals surface area (Å²) in [6.45, 7) is -0.106. The van der Waals surface area contributed by atoms with Crippen molar-refractivity contribution >= 4 is 23.3 Å². The van der Waals surface area contributed by atoms with Gasteiger partial charge in [-0.25, -0.2) is 9.37 Å². The number of nitrogens with zero attached hydrogens (tertiary/aromatic N) is 2. The van der Waals surface area contributed by atoms with Gasteiger partial charge >= 0.3 is 0 Å². The van der Waals surface area contributed by atoms with Crippen LogP contribution >= 0.6 is 11.6 Å². The van der Waals surface area contributed by atoms with Gasteiger partial charge in [-0.3, -0.25) is 14.6 Å². The number of ketones is 1. The van der Waals surface area contributed by atoms with Gasteiger partial charge in [-0.1, -0.05) is 11.6 Å². The van der Waals surface area contributed by atoms with Crippen molar-refractivity contribution in [2.24, 2.45) is 5.41 Å². The lowest BCUT2D eigenvalue weighted by molar-refractivity contribution is -0.162. The van der Waals surface area contributed by atoms with Gasteiger partial charge in [-0.05, 0) is 49.7 Å². The maximum absolute atomic E-state index is 13.4. The van der Waals surface area contributed by atoms with Crippen molar-refractivity contribution in [3.8, 4) is 5.75 Å². The molecule has 2 aromatic rings. The van der Waals surface area contributed by atoms with E-state index in [1.54, 1.807) is 12.4 Å². The van der Waals surface area contributed by atoms with E-state index in [0.717, 1.165) is 37.8 Å². The Morgan fingerprint density at radius 1 is 1.20 bits per heavy atom. The van der Waals surface area contributed by atoms with Gasteiger partial charge in [0.15, 0.2) is 5.78 Å². The molecule has 4 fully saturated rings. The average molecular weight is 430 g/mol. The monoisotopic (exact) mass is 429 g/mol. The van der Waals surface area contributed by atoms with Gasteiger partial charge in [0.25, 0.3) is 5.91 Å². The molecule has 4 aliphatic carbocycles.